The van der Waals surface area contributed by atoms with Crippen molar-refractivity contribution in [3.05, 3.63) is 42.7 Å². The van der Waals surface area contributed by atoms with Gasteiger partial charge in [-0.1, -0.05) is 19.8 Å². The maximum Gasteiger partial charge on any atom is 0.264 e. The topological polar surface area (TPSA) is 96.0 Å². The van der Waals surface area contributed by atoms with Crippen LogP contribution in [0.2, 0.25) is 0 Å². The van der Waals surface area contributed by atoms with E-state index in [1.54, 1.807) is 18.2 Å². The summed E-state index contributed by atoms with van der Waals surface area (Å²) < 4.78 is 27.1. The van der Waals surface area contributed by atoms with Crippen molar-refractivity contribution in [3.63, 3.8) is 0 Å². The minimum absolute atomic E-state index is 0.0340. The molecule has 0 unspecified atom stereocenters. The lowest BCUT2D eigenvalue weighted by Crippen LogP contribution is -2.43. The molecule has 0 radical (unpaired) electrons. The lowest BCUT2D eigenvalue weighted by Gasteiger charge is -2.30. The van der Waals surface area contributed by atoms with E-state index in [9.17, 15) is 8.42 Å². The van der Waals surface area contributed by atoms with E-state index in [2.05, 4.69) is 32.2 Å². The number of hydrogen-bond donors (Lipinski definition) is 3. The van der Waals surface area contributed by atoms with Gasteiger partial charge in [-0.2, -0.15) is 0 Å². The van der Waals surface area contributed by atoms with Gasteiger partial charge in [0, 0.05) is 24.1 Å². The number of thiocarbonyl (C=S) groups is 1. The summed E-state index contributed by atoms with van der Waals surface area (Å²) in [4.78, 5) is 7.86. The maximum absolute atomic E-state index is 12.4. The second-order valence-corrected chi connectivity index (χ2v) is 8.76. The molecule has 27 heavy (non-hydrogen) atoms. The van der Waals surface area contributed by atoms with Crippen LogP contribution in [0, 0.1) is 5.92 Å². The number of anilines is 2. The smallest absolute Gasteiger partial charge is 0.264 e. The number of hydrogen-bond acceptors (Lipinski definition) is 5. The second-order valence-electron chi connectivity index (χ2n) is 6.67. The van der Waals surface area contributed by atoms with Crippen LogP contribution < -0.4 is 15.4 Å². The summed E-state index contributed by atoms with van der Waals surface area (Å²) in [5, 5.41) is 7.04. The molecule has 7 nitrogen and oxygen atoms in total. The zero-order valence-corrected chi connectivity index (χ0v) is 16.7. The van der Waals surface area contributed by atoms with Crippen LogP contribution in [0.15, 0.2) is 47.6 Å². The average molecular weight is 406 g/mol. The summed E-state index contributed by atoms with van der Waals surface area (Å²) in [7, 11) is -3.74. The molecular weight excluding hydrogens is 382 g/mol. The molecule has 1 fully saturated rings. The highest BCUT2D eigenvalue weighted by Gasteiger charge is 2.21. The molecule has 3 rings (SSSR count). The molecule has 0 amide bonds. The normalized spacial score (nSPS) is 19.9. The number of rotatable bonds is 5. The van der Waals surface area contributed by atoms with Crippen LogP contribution in [0.3, 0.4) is 0 Å². The van der Waals surface area contributed by atoms with E-state index in [0.29, 0.717) is 17.1 Å². The van der Waals surface area contributed by atoms with Crippen molar-refractivity contribution in [2.45, 2.75) is 43.5 Å². The second kappa shape index (κ2) is 8.62. The van der Waals surface area contributed by atoms with Crippen LogP contribution in [0.1, 0.15) is 32.6 Å². The summed E-state index contributed by atoms with van der Waals surface area (Å²) in [6, 6.07) is 8.38. The third-order valence-electron chi connectivity index (χ3n) is 4.64. The Kier molecular flexibility index (Phi) is 6.22. The van der Waals surface area contributed by atoms with Crippen molar-refractivity contribution >= 4 is 39.0 Å². The Balaban J connectivity index is 1.60. The Bertz CT molecular complexity index is 872. The third-order valence-corrected chi connectivity index (χ3v) is 6.21. The minimum atomic E-state index is -3.74. The quantitative estimate of drug-likeness (QED) is 0.658. The van der Waals surface area contributed by atoms with Gasteiger partial charge >= 0.3 is 0 Å². The molecule has 2 atom stereocenters. The van der Waals surface area contributed by atoms with Crippen LogP contribution in [0.25, 0.3) is 0 Å². The van der Waals surface area contributed by atoms with Gasteiger partial charge in [0.05, 0.1) is 4.90 Å². The molecular formula is C18H23N5O2S2. The van der Waals surface area contributed by atoms with Crippen molar-refractivity contribution in [3.8, 4) is 0 Å². The largest absolute Gasteiger partial charge is 0.359 e. The van der Waals surface area contributed by atoms with Gasteiger partial charge in [-0.15, -0.1) is 0 Å². The molecule has 1 aromatic heterocycles. The van der Waals surface area contributed by atoms with Gasteiger partial charge in [0.25, 0.3) is 10.0 Å². The van der Waals surface area contributed by atoms with E-state index in [4.69, 9.17) is 12.2 Å². The third kappa shape index (κ3) is 5.36. The molecule has 1 aliphatic carbocycles. The van der Waals surface area contributed by atoms with Crippen molar-refractivity contribution in [2.75, 3.05) is 10.0 Å². The van der Waals surface area contributed by atoms with Gasteiger partial charge in [-0.25, -0.2) is 23.1 Å². The standard InChI is InChI=1S/C18H23N5O2S2/c1-13-5-2-3-6-16(13)22-18(26)21-14-7-9-15(10-8-14)27(24,25)23-17-19-11-4-12-20-17/h4,7-13,16H,2-3,5-6H2,1H3,(H,19,20,23)(H2,21,22,26)/t13-,16+/m1/s1. The fourth-order valence-corrected chi connectivity index (χ4v) is 4.34. The summed E-state index contributed by atoms with van der Waals surface area (Å²) in [5.41, 5.74) is 0.728. The van der Waals surface area contributed by atoms with Gasteiger partial charge in [0.2, 0.25) is 5.95 Å². The maximum atomic E-state index is 12.4. The Labute approximate surface area is 165 Å². The monoisotopic (exact) mass is 405 g/mol. The first kappa shape index (κ1) is 19.5. The molecule has 9 heteroatoms. The van der Waals surface area contributed by atoms with E-state index < -0.39 is 10.0 Å². The summed E-state index contributed by atoms with van der Waals surface area (Å²) >= 11 is 5.39. The zero-order chi connectivity index (χ0) is 19.3. The molecule has 0 aliphatic heterocycles. The molecule has 0 bridgehead atoms. The molecule has 1 heterocycles. The van der Waals surface area contributed by atoms with Crippen LogP contribution in [-0.2, 0) is 10.0 Å². The lowest BCUT2D eigenvalue weighted by atomic mass is 9.86. The van der Waals surface area contributed by atoms with Gasteiger partial charge in [0.15, 0.2) is 5.11 Å². The van der Waals surface area contributed by atoms with Crippen LogP contribution >= 0.6 is 12.2 Å². The number of sulfonamides is 1. The van der Waals surface area contributed by atoms with E-state index >= 15 is 0 Å². The van der Waals surface area contributed by atoms with Crippen LogP contribution in [-0.4, -0.2) is 29.5 Å². The number of nitrogens with one attached hydrogen (secondary N) is 3. The highest BCUT2D eigenvalue weighted by atomic mass is 32.2. The van der Waals surface area contributed by atoms with Gasteiger partial charge < -0.3 is 10.6 Å². The first-order valence-corrected chi connectivity index (χ1v) is 10.8. The van der Waals surface area contributed by atoms with Crippen LogP contribution in [0.5, 0.6) is 0 Å². The first-order chi connectivity index (χ1) is 12.9. The van der Waals surface area contributed by atoms with Crippen molar-refractivity contribution in [1.82, 2.24) is 15.3 Å². The average Bonchev–Trinajstić information content (AvgIpc) is 2.64. The van der Waals surface area contributed by atoms with Crippen molar-refractivity contribution in [2.24, 2.45) is 5.92 Å². The molecule has 3 N–H and O–H groups in total. The molecule has 144 valence electrons. The van der Waals surface area contributed by atoms with Gasteiger partial charge in [-0.05, 0) is 61.3 Å². The highest BCUT2D eigenvalue weighted by molar-refractivity contribution is 7.92. The Morgan fingerprint density at radius 3 is 2.44 bits per heavy atom. The van der Waals surface area contributed by atoms with Gasteiger partial charge in [-0.3, -0.25) is 0 Å². The van der Waals surface area contributed by atoms with E-state index in [0.717, 1.165) is 12.1 Å². The lowest BCUT2D eigenvalue weighted by molar-refractivity contribution is 0.309. The number of benzene rings is 1. The Hall–Kier alpha value is -2.26. The highest BCUT2D eigenvalue weighted by Crippen LogP contribution is 2.24. The van der Waals surface area contributed by atoms with Crippen molar-refractivity contribution < 1.29 is 8.42 Å². The molecule has 0 saturated heterocycles. The molecule has 0 spiro atoms. The number of aromatic nitrogens is 2. The first-order valence-electron chi connectivity index (χ1n) is 8.91. The van der Waals surface area contributed by atoms with Gasteiger partial charge in [0.1, 0.15) is 0 Å². The van der Waals surface area contributed by atoms with Crippen LogP contribution in [0.4, 0.5) is 11.6 Å². The molecule has 1 aromatic carbocycles. The van der Waals surface area contributed by atoms with Crippen molar-refractivity contribution in [1.29, 1.82) is 0 Å². The fraction of sp³-hybridized carbons (Fsp3) is 0.389. The van der Waals surface area contributed by atoms with E-state index in [-0.39, 0.29) is 10.8 Å². The molecule has 2 aromatic rings. The zero-order valence-electron chi connectivity index (χ0n) is 15.1. The molecule has 1 saturated carbocycles. The van der Waals surface area contributed by atoms with E-state index in [1.165, 1.54) is 43.8 Å². The fourth-order valence-electron chi connectivity index (χ4n) is 3.11. The summed E-state index contributed by atoms with van der Waals surface area (Å²) in [6.45, 7) is 2.24. The Morgan fingerprint density at radius 2 is 1.78 bits per heavy atom. The minimum Gasteiger partial charge on any atom is -0.359 e. The summed E-state index contributed by atoms with van der Waals surface area (Å²) in [6.07, 6.45) is 7.77. The predicted octanol–water partition coefficient (Wildman–Crippen LogP) is 3.14. The number of nitrogens with zero attached hydrogens (tertiary/aromatic N) is 2. The SMILES string of the molecule is C[C@@H]1CCCC[C@@H]1NC(=S)Nc1ccc(S(=O)(=O)Nc2ncccn2)cc1. The van der Waals surface area contributed by atoms with E-state index in [1.807, 2.05) is 0 Å². The Morgan fingerprint density at radius 1 is 1.11 bits per heavy atom. The summed E-state index contributed by atoms with van der Waals surface area (Å²) in [5.74, 6) is 0.629. The predicted molar refractivity (Wildman–Crippen MR) is 110 cm³/mol. The molecule has 1 aliphatic rings.